The van der Waals surface area contributed by atoms with Crippen LogP contribution in [0, 0.1) is 0 Å². The number of rotatable bonds is 4. The number of Topliss-reactive ketones (excluding diaryl/α,β-unsaturated/α-hetero) is 1. The molecule has 19 heavy (non-hydrogen) atoms. The van der Waals surface area contributed by atoms with E-state index in [1.165, 1.54) is 10.1 Å². The normalized spacial score (nSPS) is 23.0. The zero-order chi connectivity index (χ0) is 13.2. The Balaban J connectivity index is 1.73. The number of fused-ring (bicyclic) bond motifs is 1. The lowest BCUT2D eigenvalue weighted by atomic mass is 10.0. The van der Waals surface area contributed by atoms with Gasteiger partial charge >= 0.3 is 0 Å². The van der Waals surface area contributed by atoms with E-state index in [1.807, 2.05) is 12.1 Å². The highest BCUT2D eigenvalue weighted by atomic mass is 32.1. The number of thiophene rings is 1. The van der Waals surface area contributed by atoms with Gasteiger partial charge in [-0.2, -0.15) is 0 Å². The van der Waals surface area contributed by atoms with Crippen molar-refractivity contribution in [3.8, 4) is 0 Å². The molecule has 0 saturated carbocycles. The second kappa shape index (κ2) is 5.41. The number of ether oxygens (including phenoxy) is 1. The molecule has 0 amide bonds. The molecule has 1 aromatic carbocycles. The van der Waals surface area contributed by atoms with Crippen LogP contribution < -0.4 is 5.73 Å². The summed E-state index contributed by atoms with van der Waals surface area (Å²) < 4.78 is 6.90. The molecule has 0 radical (unpaired) electrons. The first kappa shape index (κ1) is 12.8. The fourth-order valence-electron chi connectivity index (χ4n) is 2.59. The van der Waals surface area contributed by atoms with Gasteiger partial charge in [0, 0.05) is 17.7 Å². The zero-order valence-electron chi connectivity index (χ0n) is 10.7. The van der Waals surface area contributed by atoms with E-state index in [9.17, 15) is 4.79 Å². The molecule has 0 aliphatic carbocycles. The van der Waals surface area contributed by atoms with Crippen molar-refractivity contribution in [1.29, 1.82) is 0 Å². The molecular formula is C15H17NO2S. The largest absolute Gasteiger partial charge is 0.366 e. The maximum atomic E-state index is 12.3. The predicted molar refractivity (Wildman–Crippen MR) is 77.5 cm³/mol. The Bertz CT molecular complexity index is 593. The highest BCUT2D eigenvalue weighted by Crippen LogP contribution is 2.28. The second-order valence-electron chi connectivity index (χ2n) is 4.96. The summed E-state index contributed by atoms with van der Waals surface area (Å²) in [5.41, 5.74) is 6.69. The van der Waals surface area contributed by atoms with Crippen molar-refractivity contribution in [2.24, 2.45) is 5.73 Å². The Hall–Kier alpha value is -1.23. The van der Waals surface area contributed by atoms with Crippen molar-refractivity contribution in [1.82, 2.24) is 0 Å². The van der Waals surface area contributed by atoms with Crippen LogP contribution in [0.4, 0.5) is 0 Å². The van der Waals surface area contributed by atoms with E-state index in [2.05, 4.69) is 17.5 Å². The van der Waals surface area contributed by atoms with Crippen molar-refractivity contribution in [3.63, 3.8) is 0 Å². The molecule has 2 aromatic rings. The molecule has 1 fully saturated rings. The van der Waals surface area contributed by atoms with E-state index in [0.29, 0.717) is 13.0 Å². The lowest BCUT2D eigenvalue weighted by Crippen LogP contribution is -2.26. The summed E-state index contributed by atoms with van der Waals surface area (Å²) in [6.45, 7) is 0.505. The molecule has 0 bridgehead atoms. The standard InChI is InChI=1S/C15H17NO2S/c16-8-11-5-6-14(18-11)13(17)7-10-9-19-15-4-2-1-3-12(10)15/h1-4,9,11,14H,5-8,16H2. The fourth-order valence-corrected chi connectivity index (χ4v) is 3.55. The highest BCUT2D eigenvalue weighted by molar-refractivity contribution is 7.17. The first-order valence-corrected chi connectivity index (χ1v) is 7.49. The summed E-state index contributed by atoms with van der Waals surface area (Å²) in [6.07, 6.45) is 1.98. The number of nitrogens with two attached hydrogens (primary N) is 1. The molecule has 1 aliphatic rings. The first-order chi connectivity index (χ1) is 9.28. The van der Waals surface area contributed by atoms with Crippen LogP contribution in [0.1, 0.15) is 18.4 Å². The number of hydrogen-bond donors (Lipinski definition) is 1. The van der Waals surface area contributed by atoms with Gasteiger partial charge in [-0.05, 0) is 35.2 Å². The number of benzene rings is 1. The van der Waals surface area contributed by atoms with Crippen LogP contribution in [0.25, 0.3) is 10.1 Å². The number of hydrogen-bond acceptors (Lipinski definition) is 4. The molecule has 1 aromatic heterocycles. The SMILES string of the molecule is NCC1CCC(C(=O)Cc2csc3ccccc23)O1. The van der Waals surface area contributed by atoms with Gasteiger partial charge in [0.05, 0.1) is 6.10 Å². The Morgan fingerprint density at radius 1 is 1.37 bits per heavy atom. The van der Waals surface area contributed by atoms with Gasteiger partial charge in [0.15, 0.2) is 5.78 Å². The smallest absolute Gasteiger partial charge is 0.165 e. The molecule has 0 spiro atoms. The molecule has 2 N–H and O–H groups in total. The molecule has 1 saturated heterocycles. The summed E-state index contributed by atoms with van der Waals surface area (Å²) in [5.74, 6) is 0.180. The number of ketones is 1. The van der Waals surface area contributed by atoms with E-state index in [1.54, 1.807) is 11.3 Å². The van der Waals surface area contributed by atoms with E-state index in [4.69, 9.17) is 10.5 Å². The third-order valence-electron chi connectivity index (χ3n) is 3.66. The van der Waals surface area contributed by atoms with Gasteiger partial charge in [-0.3, -0.25) is 4.79 Å². The molecule has 100 valence electrons. The van der Waals surface area contributed by atoms with E-state index in [-0.39, 0.29) is 18.0 Å². The number of carbonyl (C=O) groups excluding carboxylic acids is 1. The van der Waals surface area contributed by atoms with Crippen LogP contribution in [0.15, 0.2) is 29.6 Å². The minimum absolute atomic E-state index is 0.0631. The molecule has 2 heterocycles. The quantitative estimate of drug-likeness (QED) is 0.933. The zero-order valence-corrected chi connectivity index (χ0v) is 11.5. The van der Waals surface area contributed by atoms with Crippen LogP contribution >= 0.6 is 11.3 Å². The Kier molecular flexibility index (Phi) is 3.64. The maximum Gasteiger partial charge on any atom is 0.165 e. The third kappa shape index (κ3) is 2.56. The van der Waals surface area contributed by atoms with Gasteiger partial charge < -0.3 is 10.5 Å². The summed E-state index contributed by atoms with van der Waals surface area (Å²) in [5, 5.41) is 3.27. The van der Waals surface area contributed by atoms with Crippen LogP contribution in [-0.2, 0) is 16.0 Å². The first-order valence-electron chi connectivity index (χ1n) is 6.61. The fraction of sp³-hybridized carbons (Fsp3) is 0.400. The van der Waals surface area contributed by atoms with Gasteiger partial charge in [-0.1, -0.05) is 18.2 Å². The van der Waals surface area contributed by atoms with Gasteiger partial charge in [0.1, 0.15) is 6.10 Å². The topological polar surface area (TPSA) is 52.3 Å². The summed E-state index contributed by atoms with van der Waals surface area (Å²) in [4.78, 5) is 12.3. The lowest BCUT2D eigenvalue weighted by Gasteiger charge is -2.11. The van der Waals surface area contributed by atoms with E-state index < -0.39 is 0 Å². The van der Waals surface area contributed by atoms with Crippen LogP contribution in [-0.4, -0.2) is 24.5 Å². The molecule has 3 rings (SSSR count). The Morgan fingerprint density at radius 2 is 2.21 bits per heavy atom. The minimum Gasteiger partial charge on any atom is -0.366 e. The van der Waals surface area contributed by atoms with Crippen molar-refractivity contribution in [3.05, 3.63) is 35.2 Å². The van der Waals surface area contributed by atoms with Crippen molar-refractivity contribution in [2.75, 3.05) is 6.54 Å². The van der Waals surface area contributed by atoms with Gasteiger partial charge in [-0.15, -0.1) is 11.3 Å². The Labute approximate surface area is 116 Å². The third-order valence-corrected chi connectivity index (χ3v) is 4.67. The minimum atomic E-state index is -0.257. The summed E-state index contributed by atoms with van der Waals surface area (Å²) >= 11 is 1.69. The van der Waals surface area contributed by atoms with E-state index >= 15 is 0 Å². The highest BCUT2D eigenvalue weighted by Gasteiger charge is 2.29. The summed E-state index contributed by atoms with van der Waals surface area (Å²) in [7, 11) is 0. The maximum absolute atomic E-state index is 12.3. The monoisotopic (exact) mass is 275 g/mol. The predicted octanol–water partition coefficient (Wildman–Crippen LogP) is 2.52. The van der Waals surface area contributed by atoms with Crippen molar-refractivity contribution < 1.29 is 9.53 Å². The van der Waals surface area contributed by atoms with Crippen molar-refractivity contribution in [2.45, 2.75) is 31.5 Å². The molecular weight excluding hydrogens is 258 g/mol. The lowest BCUT2D eigenvalue weighted by molar-refractivity contribution is -0.128. The second-order valence-corrected chi connectivity index (χ2v) is 5.87. The molecule has 2 unspecified atom stereocenters. The average Bonchev–Trinajstić information content (AvgIpc) is 3.06. The van der Waals surface area contributed by atoms with Crippen molar-refractivity contribution >= 4 is 27.2 Å². The summed E-state index contributed by atoms with van der Waals surface area (Å²) in [6, 6.07) is 8.20. The van der Waals surface area contributed by atoms with Crippen LogP contribution in [0.5, 0.6) is 0 Å². The Morgan fingerprint density at radius 3 is 3.00 bits per heavy atom. The number of carbonyl (C=O) groups is 1. The molecule has 1 aliphatic heterocycles. The van der Waals surface area contributed by atoms with Gasteiger partial charge in [0.25, 0.3) is 0 Å². The van der Waals surface area contributed by atoms with E-state index in [0.717, 1.165) is 18.4 Å². The van der Waals surface area contributed by atoms with Crippen LogP contribution in [0.3, 0.4) is 0 Å². The molecule has 3 nitrogen and oxygen atoms in total. The van der Waals surface area contributed by atoms with Gasteiger partial charge in [-0.25, -0.2) is 0 Å². The van der Waals surface area contributed by atoms with Crippen LogP contribution in [0.2, 0.25) is 0 Å². The molecule has 4 heteroatoms. The van der Waals surface area contributed by atoms with Gasteiger partial charge in [0.2, 0.25) is 0 Å². The average molecular weight is 275 g/mol. The molecule has 2 atom stereocenters.